The van der Waals surface area contributed by atoms with Gasteiger partial charge in [-0.1, -0.05) is 42.0 Å². The molecule has 0 saturated carbocycles. The highest BCUT2D eigenvalue weighted by Crippen LogP contribution is 2.49. The van der Waals surface area contributed by atoms with Crippen LogP contribution in [-0.2, 0) is 10.3 Å². The number of carbonyl (C=O) groups is 1. The molecule has 1 amide bonds. The molecule has 25 heavy (non-hydrogen) atoms. The van der Waals surface area contributed by atoms with Crippen molar-refractivity contribution in [3.8, 4) is 5.75 Å². The van der Waals surface area contributed by atoms with Crippen LogP contribution in [0.3, 0.4) is 0 Å². The van der Waals surface area contributed by atoms with Crippen molar-refractivity contribution in [2.45, 2.75) is 31.9 Å². The molecule has 2 aromatic rings. The molecule has 0 saturated heterocycles. The Bertz CT molecular complexity index is 862. The smallest absolute Gasteiger partial charge is 0.262 e. The van der Waals surface area contributed by atoms with Gasteiger partial charge in [0.1, 0.15) is 11.9 Å². The fraction of sp³-hybridized carbons (Fsp3) is 0.300. The Morgan fingerprint density at radius 2 is 2.04 bits per heavy atom. The zero-order chi connectivity index (χ0) is 17.6. The first-order valence-corrected chi connectivity index (χ1v) is 8.55. The van der Waals surface area contributed by atoms with E-state index in [0.717, 1.165) is 16.7 Å². The predicted octanol–water partition coefficient (Wildman–Crippen LogP) is 2.89. The van der Waals surface area contributed by atoms with Crippen molar-refractivity contribution >= 4 is 11.9 Å². The van der Waals surface area contributed by atoms with Crippen molar-refractivity contribution in [1.29, 1.82) is 0 Å². The molecule has 0 radical (unpaired) electrons. The van der Waals surface area contributed by atoms with Crippen molar-refractivity contribution in [3.63, 3.8) is 0 Å². The maximum atomic E-state index is 13.3. The fourth-order valence-electron chi connectivity index (χ4n) is 3.74. The second kappa shape index (κ2) is 5.62. The number of aliphatic imine (C=N–C) groups is 1. The summed E-state index contributed by atoms with van der Waals surface area (Å²) in [5.41, 5.74) is 7.99. The van der Waals surface area contributed by atoms with Crippen molar-refractivity contribution in [2.24, 2.45) is 10.7 Å². The van der Waals surface area contributed by atoms with Crippen LogP contribution >= 0.6 is 0 Å². The molecule has 0 aliphatic carbocycles. The van der Waals surface area contributed by atoms with Gasteiger partial charge >= 0.3 is 0 Å². The summed E-state index contributed by atoms with van der Waals surface area (Å²) in [5, 5.41) is 0. The molecular weight excluding hydrogens is 314 g/mol. The highest BCUT2D eigenvalue weighted by molar-refractivity contribution is 6.07. The van der Waals surface area contributed by atoms with Crippen LogP contribution in [0.15, 0.2) is 53.5 Å². The van der Waals surface area contributed by atoms with Gasteiger partial charge in [-0.05, 0) is 31.5 Å². The Balaban J connectivity index is 1.88. The van der Waals surface area contributed by atoms with Gasteiger partial charge in [0.25, 0.3) is 5.91 Å². The third-order valence-corrected chi connectivity index (χ3v) is 5.00. The van der Waals surface area contributed by atoms with Gasteiger partial charge in [-0.15, -0.1) is 0 Å². The number of guanidine groups is 1. The Kier molecular flexibility index (Phi) is 3.53. The quantitative estimate of drug-likeness (QED) is 0.917. The molecule has 0 bridgehead atoms. The first kappa shape index (κ1) is 15.7. The van der Waals surface area contributed by atoms with E-state index >= 15 is 0 Å². The third-order valence-electron chi connectivity index (χ3n) is 5.00. The van der Waals surface area contributed by atoms with Crippen LogP contribution in [-0.4, -0.2) is 23.3 Å². The minimum atomic E-state index is -1.000. The van der Waals surface area contributed by atoms with Crippen LogP contribution < -0.4 is 10.5 Å². The molecule has 2 N–H and O–H groups in total. The van der Waals surface area contributed by atoms with Gasteiger partial charge in [0, 0.05) is 18.5 Å². The minimum absolute atomic E-state index is 0.0661. The van der Waals surface area contributed by atoms with Gasteiger partial charge in [-0.3, -0.25) is 9.69 Å². The van der Waals surface area contributed by atoms with E-state index in [-0.39, 0.29) is 18.0 Å². The van der Waals surface area contributed by atoms with Crippen molar-refractivity contribution in [3.05, 3.63) is 65.2 Å². The molecule has 128 valence electrons. The molecule has 2 atom stereocenters. The number of carbonyl (C=O) groups excluding carboxylic acids is 1. The molecule has 5 nitrogen and oxygen atoms in total. The first-order chi connectivity index (χ1) is 12.0. The standard InChI is InChI=1S/C20H21N3O2/c1-3-23-18(24)20(22-19(23)21)12-17(14-7-5-4-6-8-14)25-16-10-9-13(2)11-15(16)20/h4-11,17H,3,12H2,1-2H3,(H2,21,22). The number of nitrogens with two attached hydrogens (primary N) is 1. The van der Waals surface area contributed by atoms with Crippen LogP contribution in [0, 0.1) is 6.92 Å². The van der Waals surface area contributed by atoms with Crippen LogP contribution in [0.2, 0.25) is 0 Å². The van der Waals surface area contributed by atoms with Gasteiger partial charge in [0.05, 0.1) is 0 Å². The van der Waals surface area contributed by atoms with Gasteiger partial charge in [0.15, 0.2) is 11.5 Å². The molecule has 4 rings (SSSR count). The van der Waals surface area contributed by atoms with E-state index in [1.165, 1.54) is 0 Å². The highest BCUT2D eigenvalue weighted by Gasteiger charge is 2.54. The van der Waals surface area contributed by atoms with Gasteiger partial charge in [-0.25, -0.2) is 4.99 Å². The number of hydrogen-bond acceptors (Lipinski definition) is 4. The molecule has 2 aliphatic heterocycles. The highest BCUT2D eigenvalue weighted by atomic mass is 16.5. The lowest BCUT2D eigenvalue weighted by molar-refractivity contribution is -0.133. The Morgan fingerprint density at radius 3 is 2.72 bits per heavy atom. The lowest BCUT2D eigenvalue weighted by atomic mass is 9.79. The number of ether oxygens (including phenoxy) is 1. The lowest BCUT2D eigenvalue weighted by Crippen LogP contribution is -2.45. The number of amides is 1. The maximum absolute atomic E-state index is 13.3. The number of fused-ring (bicyclic) bond motifs is 2. The summed E-state index contributed by atoms with van der Waals surface area (Å²) in [6, 6.07) is 15.9. The largest absolute Gasteiger partial charge is 0.485 e. The third kappa shape index (κ3) is 2.30. The molecule has 0 aromatic heterocycles. The summed E-state index contributed by atoms with van der Waals surface area (Å²) in [5.74, 6) is 0.922. The monoisotopic (exact) mass is 335 g/mol. The number of nitrogens with zero attached hydrogens (tertiary/aromatic N) is 2. The Hall–Kier alpha value is -2.82. The zero-order valence-corrected chi connectivity index (χ0v) is 14.4. The SMILES string of the molecule is CCN1C(=O)C2(CC(c3ccccc3)Oc3ccc(C)cc32)N=C1N. The second-order valence-electron chi connectivity index (χ2n) is 6.60. The molecule has 0 fully saturated rings. The van der Waals surface area contributed by atoms with Crippen molar-refractivity contribution < 1.29 is 9.53 Å². The summed E-state index contributed by atoms with van der Waals surface area (Å²) in [7, 11) is 0. The molecular formula is C20H21N3O2. The zero-order valence-electron chi connectivity index (χ0n) is 14.4. The van der Waals surface area contributed by atoms with E-state index in [9.17, 15) is 4.79 Å². The van der Waals surface area contributed by atoms with Gasteiger partial charge < -0.3 is 10.5 Å². The number of likely N-dealkylation sites (N-methyl/N-ethyl adjacent to an activating group) is 1. The molecule has 2 aromatic carbocycles. The van der Waals surface area contributed by atoms with E-state index in [0.29, 0.717) is 18.7 Å². The normalized spacial score (nSPS) is 24.9. The first-order valence-electron chi connectivity index (χ1n) is 8.55. The van der Waals surface area contributed by atoms with Gasteiger partial charge in [0.2, 0.25) is 0 Å². The van der Waals surface area contributed by atoms with E-state index < -0.39 is 5.54 Å². The minimum Gasteiger partial charge on any atom is -0.485 e. The van der Waals surface area contributed by atoms with E-state index in [1.807, 2.05) is 62.4 Å². The number of rotatable bonds is 2. The topological polar surface area (TPSA) is 67.9 Å². The van der Waals surface area contributed by atoms with E-state index in [4.69, 9.17) is 10.5 Å². The van der Waals surface area contributed by atoms with Crippen molar-refractivity contribution in [2.75, 3.05) is 6.54 Å². The molecule has 2 unspecified atom stereocenters. The summed E-state index contributed by atoms with van der Waals surface area (Å²) in [6.07, 6.45) is 0.206. The second-order valence-corrected chi connectivity index (χ2v) is 6.60. The summed E-state index contributed by atoms with van der Waals surface area (Å²) in [6.45, 7) is 4.42. The maximum Gasteiger partial charge on any atom is 0.262 e. The lowest BCUT2D eigenvalue weighted by Gasteiger charge is -2.37. The number of hydrogen-bond donors (Lipinski definition) is 1. The Morgan fingerprint density at radius 1 is 1.28 bits per heavy atom. The molecule has 2 heterocycles. The summed E-state index contributed by atoms with van der Waals surface area (Å²) >= 11 is 0. The van der Waals surface area contributed by atoms with E-state index in [1.54, 1.807) is 4.90 Å². The fourth-order valence-corrected chi connectivity index (χ4v) is 3.74. The van der Waals surface area contributed by atoms with Crippen molar-refractivity contribution in [1.82, 2.24) is 4.90 Å². The predicted molar refractivity (Wildman–Crippen MR) is 96.3 cm³/mol. The van der Waals surface area contributed by atoms with Crippen LogP contribution in [0.5, 0.6) is 5.75 Å². The number of aryl methyl sites for hydroxylation is 1. The molecule has 2 aliphatic rings. The van der Waals surface area contributed by atoms with Gasteiger partial charge in [-0.2, -0.15) is 0 Å². The molecule has 1 spiro atoms. The molecule has 5 heteroatoms. The Labute approximate surface area is 147 Å². The van der Waals surface area contributed by atoms with Crippen LogP contribution in [0.4, 0.5) is 0 Å². The average molecular weight is 335 g/mol. The average Bonchev–Trinajstić information content (AvgIpc) is 2.86. The van der Waals surface area contributed by atoms with E-state index in [2.05, 4.69) is 4.99 Å². The summed E-state index contributed by atoms with van der Waals surface area (Å²) < 4.78 is 6.23. The number of benzene rings is 2. The van der Waals surface area contributed by atoms with Crippen LogP contribution in [0.25, 0.3) is 0 Å². The summed E-state index contributed by atoms with van der Waals surface area (Å²) in [4.78, 5) is 19.5. The van der Waals surface area contributed by atoms with Crippen LogP contribution in [0.1, 0.15) is 36.1 Å².